The maximum absolute atomic E-state index is 14.0. The number of hydrogen-bond donors (Lipinski definition) is 2. The first-order valence-electron chi connectivity index (χ1n) is 20.4. The summed E-state index contributed by atoms with van der Waals surface area (Å²) in [5, 5.41) is 20.0. The van der Waals surface area contributed by atoms with Crippen LogP contribution in [0.3, 0.4) is 0 Å². The molecule has 290 valence electrons. The number of aliphatic hydroxyl groups is 2. The molecule has 52 heavy (non-hydrogen) atoms. The molecular weight excluding hydrogens is 668 g/mol. The standard InChI is InChI=1S/C41H60O11/c1-20-12-26-6-8-30-21(2)13-28(45-30)10-11-41-19-40(5)39(52-41)38-37(50-40)36(51-41)35-31(49-38)9-7-27(47-35)14-24(43)15-29-23(4)32(16-25(44)18-42)48-34(29)17-33(46-26)22(20)3/h20,23,25-39,42,44H,2-3,6-19H2,1,4-5H3/t20-,23-,25+,26+,27?,28+,29-,30?,31+,32-,33-,34?,35+,36+,37+,38-,39?,40-,41-/m1/s1. The lowest BCUT2D eigenvalue weighted by Crippen LogP contribution is -2.61. The molecule has 1 spiro atoms. The number of ketones is 1. The lowest BCUT2D eigenvalue weighted by atomic mass is 9.78. The predicted molar refractivity (Wildman–Crippen MR) is 187 cm³/mol. The van der Waals surface area contributed by atoms with Crippen LogP contribution in [0.15, 0.2) is 24.3 Å². The van der Waals surface area contributed by atoms with Crippen LogP contribution in [0.2, 0.25) is 0 Å². The van der Waals surface area contributed by atoms with Gasteiger partial charge in [0.1, 0.15) is 41.9 Å². The van der Waals surface area contributed by atoms with Crippen LogP contribution < -0.4 is 0 Å². The molecule has 0 saturated carbocycles. The minimum Gasteiger partial charge on any atom is -0.394 e. The Hall–Kier alpha value is -1.25. The molecule has 10 rings (SSSR count). The second-order valence-electron chi connectivity index (χ2n) is 18.2. The fourth-order valence-electron chi connectivity index (χ4n) is 11.7. The molecule has 0 radical (unpaired) electrons. The second-order valence-corrected chi connectivity index (χ2v) is 18.2. The SMILES string of the molecule is C=C1C[C@@H]2CC[C@@]34C[C@@]5(C)O[C@H]6[C@@H](O3)[C@H]3OC(CC[C@@H]3O[C@H]6C5O4)CC(=O)C[C@H]3C(C[C@H]4O[C@@H](CCC1O2)C[C@@H](C)C4=C)O[C@H](C[C@H](O)CO)[C@@H]3C. The Labute approximate surface area is 308 Å². The summed E-state index contributed by atoms with van der Waals surface area (Å²) in [6.45, 7) is 15.1. The van der Waals surface area contributed by atoms with Crippen molar-refractivity contribution in [3.8, 4) is 0 Å². The molecule has 2 N–H and O–H groups in total. The van der Waals surface area contributed by atoms with E-state index in [0.717, 1.165) is 56.1 Å². The van der Waals surface area contributed by atoms with Crippen molar-refractivity contribution in [2.75, 3.05) is 6.61 Å². The van der Waals surface area contributed by atoms with Gasteiger partial charge in [0.25, 0.3) is 0 Å². The van der Waals surface area contributed by atoms with Gasteiger partial charge in [-0.05, 0) is 80.8 Å². The van der Waals surface area contributed by atoms with Crippen molar-refractivity contribution in [1.29, 1.82) is 0 Å². The third-order valence-electron chi connectivity index (χ3n) is 14.5. The topological polar surface area (TPSA) is 131 Å². The molecule has 4 unspecified atom stereocenters. The van der Waals surface area contributed by atoms with E-state index in [-0.39, 0.29) is 104 Å². The van der Waals surface area contributed by atoms with E-state index >= 15 is 0 Å². The minimum atomic E-state index is -0.875. The van der Waals surface area contributed by atoms with Crippen LogP contribution in [-0.4, -0.2) is 119 Å². The summed E-state index contributed by atoms with van der Waals surface area (Å²) in [5.41, 5.74) is 1.72. The smallest absolute Gasteiger partial charge is 0.172 e. The van der Waals surface area contributed by atoms with E-state index in [1.54, 1.807) is 0 Å². The van der Waals surface area contributed by atoms with Gasteiger partial charge in [0.15, 0.2) is 5.79 Å². The Bertz CT molecular complexity index is 1400. The summed E-state index contributed by atoms with van der Waals surface area (Å²) in [6.07, 6.45) is 5.40. The molecule has 10 saturated heterocycles. The number of aliphatic hydroxyl groups excluding tert-OH is 2. The first kappa shape index (κ1) is 36.4. The Morgan fingerprint density at radius 3 is 2.38 bits per heavy atom. The summed E-state index contributed by atoms with van der Waals surface area (Å²) in [6, 6.07) is 0. The monoisotopic (exact) mass is 728 g/mol. The zero-order valence-corrected chi connectivity index (χ0v) is 31.2. The molecule has 11 heteroatoms. The Morgan fingerprint density at radius 1 is 0.788 bits per heavy atom. The van der Waals surface area contributed by atoms with Gasteiger partial charge in [0, 0.05) is 38.5 Å². The lowest BCUT2D eigenvalue weighted by molar-refractivity contribution is -0.294. The average Bonchev–Trinajstić information content (AvgIpc) is 3.73. The molecule has 11 nitrogen and oxygen atoms in total. The maximum atomic E-state index is 14.0. The molecule has 19 atom stereocenters. The molecule has 10 heterocycles. The van der Waals surface area contributed by atoms with Crippen molar-refractivity contribution in [2.24, 2.45) is 17.8 Å². The van der Waals surface area contributed by atoms with Gasteiger partial charge in [0.2, 0.25) is 0 Å². The first-order chi connectivity index (χ1) is 24.9. The van der Waals surface area contributed by atoms with Gasteiger partial charge in [0.05, 0.1) is 61.5 Å². The normalized spacial score (nSPS) is 53.8. The quantitative estimate of drug-likeness (QED) is 0.399. The third kappa shape index (κ3) is 6.40. The van der Waals surface area contributed by atoms with E-state index in [9.17, 15) is 15.0 Å². The van der Waals surface area contributed by atoms with E-state index in [0.29, 0.717) is 44.4 Å². The average molecular weight is 729 g/mol. The van der Waals surface area contributed by atoms with Crippen LogP contribution in [0.5, 0.6) is 0 Å². The molecule has 0 amide bonds. The van der Waals surface area contributed by atoms with Crippen molar-refractivity contribution in [2.45, 2.75) is 201 Å². The van der Waals surface area contributed by atoms with Gasteiger partial charge in [-0.3, -0.25) is 4.79 Å². The minimum absolute atomic E-state index is 0.0143. The molecule has 12 bridgehead atoms. The van der Waals surface area contributed by atoms with Crippen molar-refractivity contribution in [3.63, 3.8) is 0 Å². The Morgan fingerprint density at radius 2 is 1.56 bits per heavy atom. The molecule has 10 aliphatic rings. The van der Waals surface area contributed by atoms with Crippen LogP contribution in [0.4, 0.5) is 0 Å². The highest BCUT2D eigenvalue weighted by molar-refractivity contribution is 5.79. The molecule has 0 aromatic heterocycles. The van der Waals surface area contributed by atoms with Crippen molar-refractivity contribution < 1.29 is 52.9 Å². The summed E-state index contributed by atoms with van der Waals surface area (Å²) in [5.74, 6) is -0.418. The number of carbonyl (C=O) groups is 1. The highest BCUT2D eigenvalue weighted by Gasteiger charge is 2.73. The number of rotatable bonds is 3. The van der Waals surface area contributed by atoms with Crippen molar-refractivity contribution in [1.82, 2.24) is 0 Å². The summed E-state index contributed by atoms with van der Waals surface area (Å²) >= 11 is 0. The van der Waals surface area contributed by atoms with Gasteiger partial charge in [-0.1, -0.05) is 27.0 Å². The molecular formula is C41H60O11. The number of hydrogen-bond acceptors (Lipinski definition) is 11. The lowest BCUT2D eigenvalue weighted by Gasteiger charge is -2.47. The molecule has 10 fully saturated rings. The summed E-state index contributed by atoms with van der Waals surface area (Å²) in [4.78, 5) is 14.0. The van der Waals surface area contributed by atoms with Gasteiger partial charge in [-0.15, -0.1) is 0 Å². The van der Waals surface area contributed by atoms with E-state index in [4.69, 9.17) is 37.9 Å². The Balaban J connectivity index is 0.994. The number of fused-ring (bicyclic) bond motifs is 6. The van der Waals surface area contributed by atoms with Crippen LogP contribution in [0.25, 0.3) is 0 Å². The number of Topliss-reactive ketones (excluding diaryl/α,β-unsaturated/α-hetero) is 1. The number of carbonyl (C=O) groups excluding carboxylic acids is 1. The van der Waals surface area contributed by atoms with Gasteiger partial charge < -0.3 is 48.1 Å². The fourth-order valence-corrected chi connectivity index (χ4v) is 11.7. The van der Waals surface area contributed by atoms with E-state index in [1.165, 1.54) is 0 Å². The molecule has 10 aliphatic heterocycles. The maximum Gasteiger partial charge on any atom is 0.172 e. The highest BCUT2D eigenvalue weighted by atomic mass is 16.8. The predicted octanol–water partition coefficient (Wildman–Crippen LogP) is 4.48. The summed E-state index contributed by atoms with van der Waals surface area (Å²) in [7, 11) is 0. The van der Waals surface area contributed by atoms with Crippen LogP contribution in [0, 0.1) is 17.8 Å². The van der Waals surface area contributed by atoms with Crippen LogP contribution in [0.1, 0.15) is 104 Å². The molecule has 0 aliphatic carbocycles. The number of ether oxygens (including phenoxy) is 8. The van der Waals surface area contributed by atoms with E-state index in [2.05, 4.69) is 33.9 Å². The molecule has 0 aromatic rings. The van der Waals surface area contributed by atoms with Gasteiger partial charge in [-0.25, -0.2) is 0 Å². The van der Waals surface area contributed by atoms with Crippen molar-refractivity contribution in [3.05, 3.63) is 24.3 Å². The zero-order chi connectivity index (χ0) is 36.1. The zero-order valence-electron chi connectivity index (χ0n) is 31.2. The first-order valence-corrected chi connectivity index (χ1v) is 20.4. The second kappa shape index (κ2) is 13.7. The van der Waals surface area contributed by atoms with E-state index < -0.39 is 17.5 Å². The van der Waals surface area contributed by atoms with Gasteiger partial charge >= 0.3 is 0 Å². The summed E-state index contributed by atoms with van der Waals surface area (Å²) < 4.78 is 54.4. The van der Waals surface area contributed by atoms with Crippen LogP contribution >= 0.6 is 0 Å². The van der Waals surface area contributed by atoms with Crippen LogP contribution in [-0.2, 0) is 42.7 Å². The largest absolute Gasteiger partial charge is 0.394 e. The molecule has 0 aromatic carbocycles. The fraction of sp³-hybridized carbons (Fsp3) is 0.878. The van der Waals surface area contributed by atoms with Gasteiger partial charge in [-0.2, -0.15) is 0 Å². The van der Waals surface area contributed by atoms with E-state index in [1.807, 2.05) is 0 Å². The highest BCUT2D eigenvalue weighted by Crippen LogP contribution is 2.58. The van der Waals surface area contributed by atoms with Crippen molar-refractivity contribution >= 4 is 5.78 Å². The third-order valence-corrected chi connectivity index (χ3v) is 14.5. The Kier molecular flexibility index (Phi) is 9.62.